The first-order valence-electron chi connectivity index (χ1n) is 3.84. The van der Waals surface area contributed by atoms with Crippen LogP contribution >= 0.6 is 0 Å². The standard InChI is InChI=1S/C8H12O3/c1-5-2-6(8(10)11)4-7(9)3-5/h5-6H,2-4H2,1H3,(H,10,11)/t5-,6-/m0/s1. The van der Waals surface area contributed by atoms with Gasteiger partial charge >= 0.3 is 5.97 Å². The summed E-state index contributed by atoms with van der Waals surface area (Å²) in [6.07, 6.45) is 1.45. The van der Waals surface area contributed by atoms with Crippen molar-refractivity contribution in [3.63, 3.8) is 0 Å². The number of rotatable bonds is 1. The van der Waals surface area contributed by atoms with E-state index in [2.05, 4.69) is 0 Å². The maximum absolute atomic E-state index is 10.9. The van der Waals surface area contributed by atoms with Crippen LogP contribution in [-0.2, 0) is 9.59 Å². The minimum atomic E-state index is -0.829. The number of aliphatic carboxylic acids is 1. The van der Waals surface area contributed by atoms with Crippen molar-refractivity contribution in [2.45, 2.75) is 26.2 Å². The van der Waals surface area contributed by atoms with Crippen LogP contribution < -0.4 is 0 Å². The highest BCUT2D eigenvalue weighted by Crippen LogP contribution is 2.26. The van der Waals surface area contributed by atoms with E-state index in [0.717, 1.165) is 0 Å². The van der Waals surface area contributed by atoms with Gasteiger partial charge in [0.2, 0.25) is 0 Å². The molecule has 0 aromatic rings. The lowest BCUT2D eigenvalue weighted by atomic mass is 9.82. The molecule has 1 rings (SSSR count). The molecule has 0 saturated heterocycles. The van der Waals surface area contributed by atoms with Crippen LogP contribution in [0.15, 0.2) is 0 Å². The average molecular weight is 156 g/mol. The second-order valence-electron chi connectivity index (χ2n) is 3.32. The van der Waals surface area contributed by atoms with Gasteiger partial charge in [-0.2, -0.15) is 0 Å². The molecule has 0 unspecified atom stereocenters. The molecule has 3 heteroatoms. The Labute approximate surface area is 65.4 Å². The third-order valence-electron chi connectivity index (χ3n) is 2.09. The number of Topliss-reactive ketones (excluding diaryl/α,β-unsaturated/α-hetero) is 1. The molecule has 11 heavy (non-hydrogen) atoms. The number of carbonyl (C=O) groups is 2. The molecule has 0 spiro atoms. The summed E-state index contributed by atoms with van der Waals surface area (Å²) >= 11 is 0. The predicted octanol–water partition coefficient (Wildman–Crippen LogP) is 1.08. The van der Waals surface area contributed by atoms with E-state index in [1.165, 1.54) is 0 Å². The molecule has 3 nitrogen and oxygen atoms in total. The summed E-state index contributed by atoms with van der Waals surface area (Å²) in [5.74, 6) is -0.912. The maximum Gasteiger partial charge on any atom is 0.306 e. The summed E-state index contributed by atoms with van der Waals surface area (Å²) in [7, 11) is 0. The van der Waals surface area contributed by atoms with Gasteiger partial charge in [0.1, 0.15) is 5.78 Å². The van der Waals surface area contributed by atoms with E-state index in [1.807, 2.05) is 6.92 Å². The maximum atomic E-state index is 10.9. The summed E-state index contributed by atoms with van der Waals surface area (Å²) in [5.41, 5.74) is 0. The fourth-order valence-corrected chi connectivity index (χ4v) is 1.59. The second kappa shape index (κ2) is 3.03. The van der Waals surface area contributed by atoms with Gasteiger partial charge in [-0.05, 0) is 12.3 Å². The van der Waals surface area contributed by atoms with Crippen molar-refractivity contribution in [3.8, 4) is 0 Å². The molecule has 1 aliphatic rings. The van der Waals surface area contributed by atoms with Crippen molar-refractivity contribution in [2.75, 3.05) is 0 Å². The van der Waals surface area contributed by atoms with Crippen LogP contribution in [0.1, 0.15) is 26.2 Å². The summed E-state index contributed by atoms with van der Waals surface area (Å²) < 4.78 is 0. The smallest absolute Gasteiger partial charge is 0.306 e. The first-order chi connectivity index (χ1) is 5.09. The zero-order chi connectivity index (χ0) is 8.43. The minimum absolute atomic E-state index is 0.0937. The zero-order valence-corrected chi connectivity index (χ0v) is 6.54. The molecule has 0 aromatic carbocycles. The Morgan fingerprint density at radius 3 is 2.64 bits per heavy atom. The first kappa shape index (κ1) is 8.24. The lowest BCUT2D eigenvalue weighted by molar-refractivity contribution is -0.146. The largest absolute Gasteiger partial charge is 0.481 e. The van der Waals surface area contributed by atoms with Gasteiger partial charge in [0.05, 0.1) is 5.92 Å². The van der Waals surface area contributed by atoms with E-state index in [1.54, 1.807) is 0 Å². The quantitative estimate of drug-likeness (QED) is 0.618. The van der Waals surface area contributed by atoms with Gasteiger partial charge in [0.25, 0.3) is 0 Å². The molecule has 62 valence electrons. The fourth-order valence-electron chi connectivity index (χ4n) is 1.59. The molecule has 0 bridgehead atoms. The molecular weight excluding hydrogens is 144 g/mol. The van der Waals surface area contributed by atoms with E-state index < -0.39 is 11.9 Å². The summed E-state index contributed by atoms with van der Waals surface area (Å²) in [5, 5.41) is 8.62. The van der Waals surface area contributed by atoms with Crippen molar-refractivity contribution < 1.29 is 14.7 Å². The predicted molar refractivity (Wildman–Crippen MR) is 39.1 cm³/mol. The highest BCUT2D eigenvalue weighted by molar-refractivity contribution is 5.85. The second-order valence-corrected chi connectivity index (χ2v) is 3.32. The average Bonchev–Trinajstić information content (AvgIpc) is 1.85. The van der Waals surface area contributed by atoms with Crippen LogP contribution in [0.2, 0.25) is 0 Å². The lowest BCUT2D eigenvalue weighted by Gasteiger charge is -2.22. The molecule has 1 saturated carbocycles. The van der Waals surface area contributed by atoms with E-state index >= 15 is 0 Å². The van der Waals surface area contributed by atoms with Crippen LogP contribution in [0.25, 0.3) is 0 Å². The Morgan fingerprint density at radius 2 is 2.18 bits per heavy atom. The Bertz CT molecular complexity index is 186. The molecule has 0 heterocycles. The number of hydrogen-bond acceptors (Lipinski definition) is 2. The molecule has 0 radical (unpaired) electrons. The van der Waals surface area contributed by atoms with Crippen molar-refractivity contribution >= 4 is 11.8 Å². The molecule has 1 fully saturated rings. The molecule has 1 aliphatic carbocycles. The van der Waals surface area contributed by atoms with Crippen molar-refractivity contribution in [1.82, 2.24) is 0 Å². The highest BCUT2D eigenvalue weighted by atomic mass is 16.4. The van der Waals surface area contributed by atoms with Crippen LogP contribution in [-0.4, -0.2) is 16.9 Å². The van der Waals surface area contributed by atoms with Crippen molar-refractivity contribution in [1.29, 1.82) is 0 Å². The van der Waals surface area contributed by atoms with Gasteiger partial charge in [-0.1, -0.05) is 6.92 Å². The Morgan fingerprint density at radius 1 is 1.55 bits per heavy atom. The Kier molecular flexibility index (Phi) is 2.27. The molecular formula is C8H12O3. The number of hydrogen-bond donors (Lipinski definition) is 1. The van der Waals surface area contributed by atoms with Gasteiger partial charge in [0.15, 0.2) is 0 Å². The molecule has 0 aliphatic heterocycles. The van der Waals surface area contributed by atoms with Gasteiger partial charge < -0.3 is 5.11 Å². The minimum Gasteiger partial charge on any atom is -0.481 e. The third kappa shape index (κ3) is 2.03. The van der Waals surface area contributed by atoms with Gasteiger partial charge in [-0.25, -0.2) is 0 Å². The highest BCUT2D eigenvalue weighted by Gasteiger charge is 2.29. The monoisotopic (exact) mass is 156 g/mol. The van der Waals surface area contributed by atoms with Gasteiger partial charge in [0, 0.05) is 12.8 Å². The summed E-state index contributed by atoms with van der Waals surface area (Å²) in [6, 6.07) is 0. The van der Waals surface area contributed by atoms with E-state index in [9.17, 15) is 9.59 Å². The summed E-state index contributed by atoms with van der Waals surface area (Å²) in [6.45, 7) is 1.92. The molecule has 0 aromatic heterocycles. The fraction of sp³-hybridized carbons (Fsp3) is 0.750. The zero-order valence-electron chi connectivity index (χ0n) is 6.54. The van der Waals surface area contributed by atoms with E-state index in [-0.39, 0.29) is 18.1 Å². The number of carboxylic acid groups (broad SMARTS) is 1. The lowest BCUT2D eigenvalue weighted by Crippen LogP contribution is -2.26. The van der Waals surface area contributed by atoms with E-state index in [4.69, 9.17) is 5.11 Å². The van der Waals surface area contributed by atoms with E-state index in [0.29, 0.717) is 12.8 Å². The molecule has 0 amide bonds. The Balaban J connectivity index is 2.56. The normalized spacial score (nSPS) is 31.9. The molecule has 1 N–H and O–H groups in total. The van der Waals surface area contributed by atoms with Crippen LogP contribution in [0, 0.1) is 11.8 Å². The summed E-state index contributed by atoms with van der Waals surface area (Å²) in [4.78, 5) is 21.4. The number of ketones is 1. The first-order valence-corrected chi connectivity index (χ1v) is 3.84. The number of carboxylic acids is 1. The SMILES string of the molecule is C[C@@H]1CC(=O)C[C@@H](C(=O)O)C1. The molecule has 2 atom stereocenters. The topological polar surface area (TPSA) is 54.4 Å². The van der Waals surface area contributed by atoms with Crippen molar-refractivity contribution in [2.24, 2.45) is 11.8 Å². The van der Waals surface area contributed by atoms with Gasteiger partial charge in [-0.3, -0.25) is 9.59 Å². The van der Waals surface area contributed by atoms with Crippen molar-refractivity contribution in [3.05, 3.63) is 0 Å². The number of carbonyl (C=O) groups excluding carboxylic acids is 1. The third-order valence-corrected chi connectivity index (χ3v) is 2.09. The van der Waals surface area contributed by atoms with Gasteiger partial charge in [-0.15, -0.1) is 0 Å². The van der Waals surface area contributed by atoms with Crippen LogP contribution in [0.5, 0.6) is 0 Å². The van der Waals surface area contributed by atoms with Crippen LogP contribution in [0.4, 0.5) is 0 Å². The Hall–Kier alpha value is -0.860. The van der Waals surface area contributed by atoms with Crippen LogP contribution in [0.3, 0.4) is 0 Å².